The molecule has 0 bridgehead atoms. The van der Waals surface area contributed by atoms with Crippen LogP contribution in [0.5, 0.6) is 0 Å². The molecule has 0 radical (unpaired) electrons. The highest BCUT2D eigenvalue weighted by Gasteiger charge is 2.68. The Bertz CT molecular complexity index is 130. The van der Waals surface area contributed by atoms with E-state index in [1.54, 1.807) is 0 Å². The molecule has 2 saturated carbocycles. The number of halogens is 2. The molecule has 0 amide bonds. The first-order valence-corrected chi connectivity index (χ1v) is 3.92. The van der Waals surface area contributed by atoms with Crippen LogP contribution in [0.2, 0.25) is 0 Å². The molecule has 2 heteroatoms. The molecule has 0 aromatic rings. The largest absolute Gasteiger partial charge is 0.226 e. The van der Waals surface area contributed by atoms with E-state index in [1.807, 2.05) is 0 Å². The molecule has 0 aliphatic heterocycles. The van der Waals surface area contributed by atoms with Crippen LogP contribution in [0.15, 0.2) is 0 Å². The summed E-state index contributed by atoms with van der Waals surface area (Å²) in [7, 11) is 0. The lowest BCUT2D eigenvalue weighted by Gasteiger charge is -2.04. The third-order valence-corrected chi connectivity index (χ3v) is 3.31. The van der Waals surface area contributed by atoms with Crippen molar-refractivity contribution in [1.29, 1.82) is 0 Å². The molecular weight excluding hydrogens is 139 g/mol. The molecule has 2 aliphatic rings. The van der Waals surface area contributed by atoms with Crippen LogP contribution in [0.1, 0.15) is 32.1 Å². The monoisotopic (exact) mass is 148 g/mol. The van der Waals surface area contributed by atoms with Crippen LogP contribution in [-0.2, 0) is 0 Å². The van der Waals surface area contributed by atoms with Gasteiger partial charge in [0.15, 0.2) is 5.13 Å². The Labute approximate surface area is 59.4 Å². The summed E-state index contributed by atoms with van der Waals surface area (Å²) >= 11 is 5.54. The standard InChI is InChI=1S/C7H10ClF/c8-7(9)5-6(7)3-1-2-4-6/h1-5H2/t7-/m1/s1. The average Bonchev–Trinajstić information content (AvgIpc) is 2.27. The van der Waals surface area contributed by atoms with Crippen molar-refractivity contribution in [2.45, 2.75) is 37.2 Å². The molecule has 0 saturated heterocycles. The van der Waals surface area contributed by atoms with Gasteiger partial charge in [-0.05, 0) is 12.8 Å². The van der Waals surface area contributed by atoms with E-state index in [0.29, 0.717) is 6.42 Å². The van der Waals surface area contributed by atoms with Gasteiger partial charge in [-0.1, -0.05) is 24.4 Å². The zero-order valence-corrected chi connectivity index (χ0v) is 6.05. The summed E-state index contributed by atoms with van der Waals surface area (Å²) in [6.07, 6.45) is 5.01. The molecule has 0 nitrogen and oxygen atoms in total. The minimum Gasteiger partial charge on any atom is -0.226 e. The Hall–Kier alpha value is 0.220. The van der Waals surface area contributed by atoms with Gasteiger partial charge in [0.2, 0.25) is 0 Å². The lowest BCUT2D eigenvalue weighted by atomic mass is 10.1. The average molecular weight is 149 g/mol. The SMILES string of the molecule is F[C@]1(Cl)CC12CCCC2. The van der Waals surface area contributed by atoms with E-state index in [-0.39, 0.29) is 5.41 Å². The zero-order valence-electron chi connectivity index (χ0n) is 5.29. The van der Waals surface area contributed by atoms with Gasteiger partial charge in [0.25, 0.3) is 0 Å². The van der Waals surface area contributed by atoms with Gasteiger partial charge in [-0.2, -0.15) is 0 Å². The molecule has 0 heterocycles. The first kappa shape index (κ1) is 5.96. The molecule has 0 N–H and O–H groups in total. The van der Waals surface area contributed by atoms with Crippen LogP contribution in [0.4, 0.5) is 4.39 Å². The van der Waals surface area contributed by atoms with Crippen molar-refractivity contribution in [3.8, 4) is 0 Å². The summed E-state index contributed by atoms with van der Waals surface area (Å²) in [5.41, 5.74) is -0.0610. The maximum absolute atomic E-state index is 12.9. The first-order valence-electron chi connectivity index (χ1n) is 3.54. The van der Waals surface area contributed by atoms with Crippen LogP contribution in [0, 0.1) is 5.41 Å². The van der Waals surface area contributed by atoms with Gasteiger partial charge in [0.05, 0.1) is 0 Å². The maximum Gasteiger partial charge on any atom is 0.190 e. The number of hydrogen-bond acceptors (Lipinski definition) is 0. The Morgan fingerprint density at radius 1 is 1.22 bits per heavy atom. The van der Waals surface area contributed by atoms with E-state index in [1.165, 1.54) is 12.8 Å². The van der Waals surface area contributed by atoms with Gasteiger partial charge in [-0.3, -0.25) is 0 Å². The Morgan fingerprint density at radius 3 is 1.89 bits per heavy atom. The second-order valence-corrected chi connectivity index (χ2v) is 3.97. The molecular formula is C7H10ClF. The van der Waals surface area contributed by atoms with E-state index in [4.69, 9.17) is 11.6 Å². The highest BCUT2D eigenvalue weighted by Crippen LogP contribution is 2.69. The summed E-state index contributed by atoms with van der Waals surface area (Å²) < 4.78 is 12.9. The molecule has 2 rings (SSSR count). The van der Waals surface area contributed by atoms with Crippen molar-refractivity contribution in [2.24, 2.45) is 5.41 Å². The van der Waals surface area contributed by atoms with Crippen molar-refractivity contribution in [3.63, 3.8) is 0 Å². The van der Waals surface area contributed by atoms with Gasteiger partial charge >= 0.3 is 0 Å². The molecule has 0 aromatic heterocycles. The summed E-state index contributed by atoms with van der Waals surface area (Å²) in [6, 6.07) is 0. The fourth-order valence-electron chi connectivity index (χ4n) is 1.98. The summed E-state index contributed by atoms with van der Waals surface area (Å²) in [6.45, 7) is 0. The molecule has 0 unspecified atom stereocenters. The Morgan fingerprint density at radius 2 is 1.67 bits per heavy atom. The van der Waals surface area contributed by atoms with Crippen molar-refractivity contribution in [3.05, 3.63) is 0 Å². The third-order valence-electron chi connectivity index (χ3n) is 2.77. The summed E-state index contributed by atoms with van der Waals surface area (Å²) in [5, 5.41) is -1.30. The van der Waals surface area contributed by atoms with Crippen LogP contribution in [0.25, 0.3) is 0 Å². The van der Waals surface area contributed by atoms with Gasteiger partial charge in [-0.15, -0.1) is 0 Å². The number of rotatable bonds is 0. The minimum absolute atomic E-state index is 0.0610. The second-order valence-electron chi connectivity index (χ2n) is 3.37. The quantitative estimate of drug-likeness (QED) is 0.464. The number of hydrogen-bond donors (Lipinski definition) is 0. The first-order chi connectivity index (χ1) is 4.16. The fourth-order valence-corrected chi connectivity index (χ4v) is 2.42. The van der Waals surface area contributed by atoms with Crippen molar-refractivity contribution < 1.29 is 4.39 Å². The normalized spacial score (nSPS) is 46.0. The highest BCUT2D eigenvalue weighted by molar-refractivity contribution is 6.25. The summed E-state index contributed by atoms with van der Waals surface area (Å²) in [4.78, 5) is 0. The van der Waals surface area contributed by atoms with E-state index >= 15 is 0 Å². The topological polar surface area (TPSA) is 0 Å². The van der Waals surface area contributed by atoms with E-state index in [0.717, 1.165) is 12.8 Å². The predicted molar refractivity (Wildman–Crippen MR) is 35.2 cm³/mol. The molecule has 9 heavy (non-hydrogen) atoms. The lowest BCUT2D eigenvalue weighted by Crippen LogP contribution is -2.03. The Kier molecular flexibility index (Phi) is 0.958. The van der Waals surface area contributed by atoms with Crippen molar-refractivity contribution >= 4 is 11.6 Å². The third kappa shape index (κ3) is 0.644. The van der Waals surface area contributed by atoms with E-state index < -0.39 is 5.13 Å². The van der Waals surface area contributed by atoms with Gasteiger partial charge in [0, 0.05) is 11.8 Å². The maximum atomic E-state index is 12.9. The number of alkyl halides is 2. The van der Waals surface area contributed by atoms with Gasteiger partial charge < -0.3 is 0 Å². The predicted octanol–water partition coefficient (Wildman–Crippen LogP) is 2.86. The molecule has 2 aliphatic carbocycles. The molecule has 2 fully saturated rings. The van der Waals surface area contributed by atoms with Crippen molar-refractivity contribution in [2.75, 3.05) is 0 Å². The highest BCUT2D eigenvalue weighted by atomic mass is 35.5. The fraction of sp³-hybridized carbons (Fsp3) is 1.00. The van der Waals surface area contributed by atoms with E-state index in [2.05, 4.69) is 0 Å². The van der Waals surface area contributed by atoms with Crippen LogP contribution in [0.3, 0.4) is 0 Å². The molecule has 0 aromatic carbocycles. The van der Waals surface area contributed by atoms with Crippen LogP contribution < -0.4 is 0 Å². The zero-order chi connectivity index (χ0) is 6.54. The lowest BCUT2D eigenvalue weighted by molar-refractivity contribution is 0.321. The van der Waals surface area contributed by atoms with Crippen molar-refractivity contribution in [1.82, 2.24) is 0 Å². The second kappa shape index (κ2) is 1.45. The Balaban J connectivity index is 2.13. The summed E-state index contributed by atoms with van der Waals surface area (Å²) in [5.74, 6) is 0. The van der Waals surface area contributed by atoms with Crippen LogP contribution >= 0.6 is 11.6 Å². The minimum atomic E-state index is -1.30. The van der Waals surface area contributed by atoms with Crippen LogP contribution in [-0.4, -0.2) is 5.13 Å². The van der Waals surface area contributed by atoms with Gasteiger partial charge in [-0.25, -0.2) is 4.39 Å². The smallest absolute Gasteiger partial charge is 0.190 e. The van der Waals surface area contributed by atoms with E-state index in [9.17, 15) is 4.39 Å². The molecule has 1 atom stereocenters. The molecule has 52 valence electrons. The van der Waals surface area contributed by atoms with Gasteiger partial charge in [0.1, 0.15) is 0 Å². The molecule has 1 spiro atoms.